The lowest BCUT2D eigenvalue weighted by Gasteiger charge is -2.24. The van der Waals surface area contributed by atoms with E-state index in [0.29, 0.717) is 18.9 Å². The van der Waals surface area contributed by atoms with Crippen LogP contribution in [0.1, 0.15) is 23.1 Å². The van der Waals surface area contributed by atoms with E-state index in [0.717, 1.165) is 24.2 Å². The third-order valence-electron chi connectivity index (χ3n) is 3.70. The molecular weight excluding hydrogens is 335 g/mol. The summed E-state index contributed by atoms with van der Waals surface area (Å²) >= 11 is 0. The molecule has 0 aliphatic carbocycles. The maximum Gasteiger partial charge on any atom is 0.422 e. The van der Waals surface area contributed by atoms with E-state index in [9.17, 15) is 13.2 Å². The van der Waals surface area contributed by atoms with Gasteiger partial charge in [-0.25, -0.2) is 4.98 Å². The highest BCUT2D eigenvalue weighted by Crippen LogP contribution is 2.20. The molecule has 2 heterocycles. The zero-order valence-electron chi connectivity index (χ0n) is 13.4. The van der Waals surface area contributed by atoms with E-state index in [4.69, 9.17) is 4.74 Å². The van der Waals surface area contributed by atoms with Crippen LogP contribution in [0.3, 0.4) is 0 Å². The molecule has 1 N–H and O–H groups in total. The van der Waals surface area contributed by atoms with Crippen LogP contribution in [0.25, 0.3) is 0 Å². The molecular formula is C17H18F3N3O2. The van der Waals surface area contributed by atoms with Crippen LogP contribution in [-0.2, 0) is 11.2 Å². The van der Waals surface area contributed by atoms with Gasteiger partial charge in [0, 0.05) is 31.8 Å². The van der Waals surface area contributed by atoms with Crippen molar-refractivity contribution < 1.29 is 22.6 Å². The Bertz CT molecular complexity index is 686. The highest BCUT2D eigenvalue weighted by atomic mass is 19.4. The first-order valence-corrected chi connectivity index (χ1v) is 7.92. The topological polar surface area (TPSA) is 56.3 Å². The fourth-order valence-electron chi connectivity index (χ4n) is 2.51. The summed E-state index contributed by atoms with van der Waals surface area (Å²) in [7, 11) is 0. The predicted molar refractivity (Wildman–Crippen MR) is 84.4 cm³/mol. The minimum atomic E-state index is -4.39. The Morgan fingerprint density at radius 2 is 2.00 bits per heavy atom. The number of aromatic nitrogens is 2. The summed E-state index contributed by atoms with van der Waals surface area (Å²) in [5, 5.41) is 3.28. The third-order valence-corrected chi connectivity index (χ3v) is 3.70. The molecule has 1 aromatic heterocycles. The Morgan fingerprint density at radius 3 is 2.68 bits per heavy atom. The minimum Gasteiger partial charge on any atom is -0.468 e. The van der Waals surface area contributed by atoms with Gasteiger partial charge in [-0.15, -0.1) is 0 Å². The highest BCUT2D eigenvalue weighted by molar-refractivity contribution is 5.27. The third kappa shape index (κ3) is 5.40. The van der Waals surface area contributed by atoms with E-state index in [1.165, 1.54) is 12.3 Å². The second-order valence-corrected chi connectivity index (χ2v) is 5.70. The van der Waals surface area contributed by atoms with Gasteiger partial charge in [0.05, 0.1) is 12.7 Å². The van der Waals surface area contributed by atoms with Crippen LogP contribution >= 0.6 is 0 Å². The van der Waals surface area contributed by atoms with Crippen LogP contribution in [0.15, 0.2) is 36.5 Å². The van der Waals surface area contributed by atoms with Crippen LogP contribution in [0, 0.1) is 0 Å². The summed E-state index contributed by atoms with van der Waals surface area (Å²) in [6.45, 7) is 0.957. The molecule has 0 saturated carbocycles. The van der Waals surface area contributed by atoms with Crippen LogP contribution in [-0.4, -0.2) is 42.4 Å². The summed E-state index contributed by atoms with van der Waals surface area (Å²) in [5.41, 5.74) is 2.04. The first kappa shape index (κ1) is 17.6. The molecule has 5 nitrogen and oxygen atoms in total. The molecule has 25 heavy (non-hydrogen) atoms. The number of morpholine rings is 1. The van der Waals surface area contributed by atoms with E-state index in [-0.39, 0.29) is 12.0 Å². The lowest BCUT2D eigenvalue weighted by molar-refractivity contribution is -0.154. The molecule has 1 saturated heterocycles. The van der Waals surface area contributed by atoms with E-state index < -0.39 is 12.8 Å². The maximum atomic E-state index is 12.2. The second kappa shape index (κ2) is 7.79. The van der Waals surface area contributed by atoms with Gasteiger partial charge in [0.2, 0.25) is 5.88 Å². The van der Waals surface area contributed by atoms with Gasteiger partial charge in [-0.05, 0) is 11.1 Å². The Balaban J connectivity index is 1.62. The molecule has 0 radical (unpaired) electrons. The largest absolute Gasteiger partial charge is 0.468 e. The highest BCUT2D eigenvalue weighted by Gasteiger charge is 2.28. The molecule has 0 unspecified atom stereocenters. The predicted octanol–water partition coefficient (Wildman–Crippen LogP) is 2.67. The van der Waals surface area contributed by atoms with Crippen molar-refractivity contribution in [2.24, 2.45) is 0 Å². The van der Waals surface area contributed by atoms with Gasteiger partial charge >= 0.3 is 6.18 Å². The first-order valence-electron chi connectivity index (χ1n) is 7.92. The number of hydrogen-bond acceptors (Lipinski definition) is 5. The van der Waals surface area contributed by atoms with E-state index in [1.807, 2.05) is 24.3 Å². The van der Waals surface area contributed by atoms with Gasteiger partial charge in [-0.2, -0.15) is 18.2 Å². The van der Waals surface area contributed by atoms with Crippen LogP contribution in [0.5, 0.6) is 5.88 Å². The Kier molecular flexibility index (Phi) is 5.50. The summed E-state index contributed by atoms with van der Waals surface area (Å²) < 4.78 is 46.9. The van der Waals surface area contributed by atoms with E-state index in [2.05, 4.69) is 20.0 Å². The summed E-state index contributed by atoms with van der Waals surface area (Å²) in [6.07, 6.45) is -2.55. The van der Waals surface area contributed by atoms with Gasteiger partial charge in [0.25, 0.3) is 0 Å². The SMILES string of the molecule is FC(F)(F)COc1ccnc(Cc2ccc([C@@H]3CNCCO3)cc2)n1. The fraction of sp³-hybridized carbons (Fsp3) is 0.412. The Labute approximate surface area is 143 Å². The molecule has 8 heteroatoms. The summed E-state index contributed by atoms with van der Waals surface area (Å²) in [4.78, 5) is 8.10. The van der Waals surface area contributed by atoms with Crippen molar-refractivity contribution in [2.75, 3.05) is 26.3 Å². The average molecular weight is 353 g/mol. The average Bonchev–Trinajstić information content (AvgIpc) is 2.61. The number of benzene rings is 1. The van der Waals surface area contributed by atoms with Gasteiger partial charge < -0.3 is 14.8 Å². The van der Waals surface area contributed by atoms with Crippen molar-refractivity contribution >= 4 is 0 Å². The molecule has 0 bridgehead atoms. The molecule has 1 fully saturated rings. The van der Waals surface area contributed by atoms with Gasteiger partial charge in [-0.3, -0.25) is 0 Å². The smallest absolute Gasteiger partial charge is 0.422 e. The number of nitrogens with one attached hydrogen (secondary N) is 1. The number of rotatable bonds is 5. The normalized spacial score (nSPS) is 18.1. The molecule has 1 aliphatic rings. The Hall–Kier alpha value is -2.19. The van der Waals surface area contributed by atoms with Crippen molar-refractivity contribution in [1.29, 1.82) is 0 Å². The zero-order valence-corrected chi connectivity index (χ0v) is 13.4. The molecule has 1 aromatic carbocycles. The van der Waals surface area contributed by atoms with Crippen LogP contribution in [0.2, 0.25) is 0 Å². The van der Waals surface area contributed by atoms with Crippen LogP contribution in [0.4, 0.5) is 13.2 Å². The van der Waals surface area contributed by atoms with Crippen molar-refractivity contribution in [3.63, 3.8) is 0 Å². The number of hydrogen-bond donors (Lipinski definition) is 1. The zero-order chi connectivity index (χ0) is 17.7. The van der Waals surface area contributed by atoms with Crippen molar-refractivity contribution in [3.05, 3.63) is 53.5 Å². The number of alkyl halides is 3. The summed E-state index contributed by atoms with van der Waals surface area (Å²) in [6, 6.07) is 9.17. The van der Waals surface area contributed by atoms with Crippen molar-refractivity contribution in [2.45, 2.75) is 18.7 Å². The molecule has 1 atom stereocenters. The monoisotopic (exact) mass is 353 g/mol. The van der Waals surface area contributed by atoms with E-state index in [1.54, 1.807) is 0 Å². The molecule has 0 spiro atoms. The molecule has 134 valence electrons. The lowest BCUT2D eigenvalue weighted by atomic mass is 10.0. The number of ether oxygens (including phenoxy) is 2. The fourth-order valence-corrected chi connectivity index (χ4v) is 2.51. The standard InChI is InChI=1S/C17H18F3N3O2/c18-17(19,20)11-25-16-5-6-22-15(23-16)9-12-1-3-13(4-2-12)14-10-21-7-8-24-14/h1-6,14,21H,7-11H2/t14-/m0/s1. The lowest BCUT2D eigenvalue weighted by Crippen LogP contribution is -2.33. The molecule has 1 aliphatic heterocycles. The van der Waals surface area contributed by atoms with Crippen molar-refractivity contribution in [3.8, 4) is 5.88 Å². The number of halogens is 3. The van der Waals surface area contributed by atoms with Gasteiger partial charge in [-0.1, -0.05) is 24.3 Å². The molecule has 0 amide bonds. The van der Waals surface area contributed by atoms with Gasteiger partial charge in [0.1, 0.15) is 5.82 Å². The quantitative estimate of drug-likeness (QED) is 0.896. The molecule has 2 aromatic rings. The number of nitrogens with zero attached hydrogens (tertiary/aromatic N) is 2. The maximum absolute atomic E-state index is 12.2. The van der Waals surface area contributed by atoms with Gasteiger partial charge in [0.15, 0.2) is 6.61 Å². The Morgan fingerprint density at radius 1 is 1.20 bits per heavy atom. The first-order chi connectivity index (χ1) is 12.0. The van der Waals surface area contributed by atoms with Crippen LogP contribution < -0.4 is 10.1 Å². The van der Waals surface area contributed by atoms with E-state index >= 15 is 0 Å². The molecule has 3 rings (SSSR count). The van der Waals surface area contributed by atoms with Crippen molar-refractivity contribution in [1.82, 2.24) is 15.3 Å². The second-order valence-electron chi connectivity index (χ2n) is 5.70. The minimum absolute atomic E-state index is 0.0400. The summed E-state index contributed by atoms with van der Waals surface area (Å²) in [5.74, 6) is 0.323.